The van der Waals surface area contributed by atoms with Gasteiger partial charge in [-0.05, 0) is 55.5 Å². The smallest absolute Gasteiger partial charge is 0.253 e. The summed E-state index contributed by atoms with van der Waals surface area (Å²) in [6.45, 7) is 2.92. The van der Waals surface area contributed by atoms with E-state index in [1.165, 1.54) is 0 Å². The molecule has 2 aliphatic heterocycles. The van der Waals surface area contributed by atoms with Crippen LogP contribution >= 0.6 is 0 Å². The Kier molecular flexibility index (Phi) is 5.60. The molecule has 2 aromatic rings. The third kappa shape index (κ3) is 4.19. The summed E-state index contributed by atoms with van der Waals surface area (Å²) < 4.78 is 5.87. The lowest BCUT2D eigenvalue weighted by Crippen LogP contribution is -2.39. The van der Waals surface area contributed by atoms with Crippen LogP contribution < -0.4 is 9.64 Å². The Hall–Kier alpha value is -2.82. The number of ether oxygens (including phenoxy) is 1. The molecule has 146 valence electrons. The minimum atomic E-state index is 0.0518. The van der Waals surface area contributed by atoms with Crippen molar-refractivity contribution in [3.63, 3.8) is 0 Å². The Morgan fingerprint density at radius 1 is 1.00 bits per heavy atom. The number of rotatable bonds is 5. The highest BCUT2D eigenvalue weighted by Gasteiger charge is 2.26. The zero-order valence-corrected chi connectivity index (χ0v) is 16.0. The number of para-hydroxylation sites is 1. The number of piperidine rings is 1. The number of carbonyl (C=O) groups excluding carboxylic acids is 2. The number of anilines is 1. The summed E-state index contributed by atoms with van der Waals surface area (Å²) >= 11 is 0. The number of hydrogen-bond acceptors (Lipinski definition) is 3. The van der Waals surface area contributed by atoms with Crippen molar-refractivity contribution in [1.82, 2.24) is 4.90 Å². The zero-order chi connectivity index (χ0) is 19.3. The Balaban J connectivity index is 1.32. The average molecular weight is 378 g/mol. The maximum absolute atomic E-state index is 12.9. The molecular formula is C23H26N2O3. The molecule has 2 amide bonds. The molecule has 0 N–H and O–H groups in total. The van der Waals surface area contributed by atoms with E-state index >= 15 is 0 Å². The monoisotopic (exact) mass is 378 g/mol. The zero-order valence-electron chi connectivity index (χ0n) is 16.0. The standard InChI is InChI=1S/C23H26N2O3/c26-22-10-5-13-25(22)20-7-4-6-19(16-20)23(27)24-14-11-18(12-15-24)17-28-21-8-2-1-3-9-21/h1-4,6-9,16,18H,5,10-15,17H2. The van der Waals surface area contributed by atoms with Crippen molar-refractivity contribution in [3.05, 3.63) is 60.2 Å². The molecule has 5 nitrogen and oxygen atoms in total. The topological polar surface area (TPSA) is 49.9 Å². The van der Waals surface area contributed by atoms with Crippen molar-refractivity contribution in [2.75, 3.05) is 31.1 Å². The quantitative estimate of drug-likeness (QED) is 0.796. The molecule has 2 aromatic carbocycles. The van der Waals surface area contributed by atoms with Crippen LogP contribution in [-0.2, 0) is 4.79 Å². The molecule has 0 aromatic heterocycles. The molecule has 28 heavy (non-hydrogen) atoms. The van der Waals surface area contributed by atoms with E-state index in [2.05, 4.69) is 0 Å². The molecule has 2 aliphatic rings. The van der Waals surface area contributed by atoms with Gasteiger partial charge < -0.3 is 14.5 Å². The second-order valence-electron chi connectivity index (χ2n) is 7.56. The minimum Gasteiger partial charge on any atom is -0.493 e. The highest BCUT2D eigenvalue weighted by atomic mass is 16.5. The van der Waals surface area contributed by atoms with E-state index in [1.54, 1.807) is 4.90 Å². The summed E-state index contributed by atoms with van der Waals surface area (Å²) in [6.07, 6.45) is 3.37. The molecule has 4 rings (SSSR count). The lowest BCUT2D eigenvalue weighted by Gasteiger charge is -2.32. The number of benzene rings is 2. The predicted octanol–water partition coefficient (Wildman–Crippen LogP) is 3.74. The van der Waals surface area contributed by atoms with Gasteiger partial charge in [0.25, 0.3) is 5.91 Å². The lowest BCUT2D eigenvalue weighted by atomic mass is 9.97. The first kappa shape index (κ1) is 18.5. The predicted molar refractivity (Wildman–Crippen MR) is 109 cm³/mol. The van der Waals surface area contributed by atoms with E-state index in [9.17, 15) is 9.59 Å². The van der Waals surface area contributed by atoms with Crippen molar-refractivity contribution in [1.29, 1.82) is 0 Å². The molecule has 0 spiro atoms. The molecule has 2 fully saturated rings. The van der Waals surface area contributed by atoms with Gasteiger partial charge in [-0.25, -0.2) is 0 Å². The van der Waals surface area contributed by atoms with Gasteiger partial charge >= 0.3 is 0 Å². The van der Waals surface area contributed by atoms with Crippen LogP contribution in [0, 0.1) is 5.92 Å². The van der Waals surface area contributed by atoms with Gasteiger partial charge in [-0.2, -0.15) is 0 Å². The molecule has 0 unspecified atom stereocenters. The average Bonchev–Trinajstić information content (AvgIpc) is 3.19. The van der Waals surface area contributed by atoms with E-state index in [0.717, 1.165) is 50.3 Å². The van der Waals surface area contributed by atoms with Crippen molar-refractivity contribution in [3.8, 4) is 5.75 Å². The number of amides is 2. The molecule has 5 heteroatoms. The molecule has 0 saturated carbocycles. The van der Waals surface area contributed by atoms with E-state index in [0.29, 0.717) is 24.5 Å². The van der Waals surface area contributed by atoms with E-state index in [4.69, 9.17) is 4.74 Å². The fourth-order valence-electron chi connectivity index (χ4n) is 3.94. The number of likely N-dealkylation sites (tertiary alicyclic amines) is 1. The van der Waals surface area contributed by atoms with Crippen LogP contribution in [0.1, 0.15) is 36.0 Å². The number of nitrogens with zero attached hydrogens (tertiary/aromatic N) is 2. The molecule has 0 aliphatic carbocycles. The fourth-order valence-corrected chi connectivity index (χ4v) is 3.94. The van der Waals surface area contributed by atoms with Gasteiger partial charge in [0.05, 0.1) is 6.61 Å². The molecular weight excluding hydrogens is 352 g/mol. The fraction of sp³-hybridized carbons (Fsp3) is 0.391. The van der Waals surface area contributed by atoms with E-state index in [-0.39, 0.29) is 11.8 Å². The Morgan fingerprint density at radius 3 is 2.50 bits per heavy atom. The highest BCUT2D eigenvalue weighted by molar-refractivity contribution is 5.99. The maximum atomic E-state index is 12.9. The molecule has 0 bridgehead atoms. The second kappa shape index (κ2) is 8.46. The van der Waals surface area contributed by atoms with Gasteiger partial charge in [0, 0.05) is 37.3 Å². The summed E-state index contributed by atoms with van der Waals surface area (Å²) in [5.41, 5.74) is 1.50. The second-order valence-corrected chi connectivity index (χ2v) is 7.56. The van der Waals surface area contributed by atoms with Crippen LogP contribution in [0.3, 0.4) is 0 Å². The largest absolute Gasteiger partial charge is 0.493 e. The summed E-state index contributed by atoms with van der Waals surface area (Å²) in [5.74, 6) is 1.56. The first-order valence-corrected chi connectivity index (χ1v) is 10.1. The maximum Gasteiger partial charge on any atom is 0.253 e. The lowest BCUT2D eigenvalue weighted by molar-refractivity contribution is -0.117. The molecule has 2 heterocycles. The molecule has 0 atom stereocenters. The summed E-state index contributed by atoms with van der Waals surface area (Å²) in [5, 5.41) is 0. The van der Waals surface area contributed by atoms with Crippen molar-refractivity contribution >= 4 is 17.5 Å². The van der Waals surface area contributed by atoms with Crippen LogP contribution in [-0.4, -0.2) is 43.0 Å². The van der Waals surface area contributed by atoms with Crippen LogP contribution in [0.2, 0.25) is 0 Å². The summed E-state index contributed by atoms with van der Waals surface area (Å²) in [4.78, 5) is 28.6. The van der Waals surface area contributed by atoms with Gasteiger partial charge in [-0.15, -0.1) is 0 Å². The Morgan fingerprint density at radius 2 is 1.79 bits per heavy atom. The van der Waals surface area contributed by atoms with E-state index in [1.807, 2.05) is 59.5 Å². The van der Waals surface area contributed by atoms with Gasteiger partial charge in [-0.3, -0.25) is 9.59 Å². The molecule has 0 radical (unpaired) electrons. The van der Waals surface area contributed by atoms with Crippen molar-refractivity contribution in [2.45, 2.75) is 25.7 Å². The third-order valence-corrected chi connectivity index (χ3v) is 5.61. The Labute approximate surface area is 165 Å². The van der Waals surface area contributed by atoms with Crippen LogP contribution in [0.15, 0.2) is 54.6 Å². The van der Waals surface area contributed by atoms with Crippen LogP contribution in [0.4, 0.5) is 5.69 Å². The van der Waals surface area contributed by atoms with E-state index < -0.39 is 0 Å². The number of hydrogen-bond donors (Lipinski definition) is 0. The normalized spacial score (nSPS) is 17.8. The van der Waals surface area contributed by atoms with Gasteiger partial charge in [-0.1, -0.05) is 24.3 Å². The van der Waals surface area contributed by atoms with Gasteiger partial charge in [0.2, 0.25) is 5.91 Å². The van der Waals surface area contributed by atoms with Crippen molar-refractivity contribution < 1.29 is 14.3 Å². The Bertz CT molecular complexity index is 829. The minimum absolute atomic E-state index is 0.0518. The van der Waals surface area contributed by atoms with Crippen molar-refractivity contribution in [2.24, 2.45) is 5.92 Å². The summed E-state index contributed by atoms with van der Waals surface area (Å²) in [6, 6.07) is 17.3. The van der Waals surface area contributed by atoms with Gasteiger partial charge in [0.1, 0.15) is 5.75 Å². The number of carbonyl (C=O) groups is 2. The first-order chi connectivity index (χ1) is 13.7. The van der Waals surface area contributed by atoms with Gasteiger partial charge in [0.15, 0.2) is 0 Å². The third-order valence-electron chi connectivity index (χ3n) is 5.61. The SMILES string of the molecule is O=C(c1cccc(N2CCCC2=O)c1)N1CCC(COc2ccccc2)CC1. The van der Waals surface area contributed by atoms with Crippen LogP contribution in [0.5, 0.6) is 5.75 Å². The van der Waals surface area contributed by atoms with Crippen LogP contribution in [0.25, 0.3) is 0 Å². The first-order valence-electron chi connectivity index (χ1n) is 10.1. The highest BCUT2D eigenvalue weighted by Crippen LogP contribution is 2.25. The molecule has 2 saturated heterocycles. The summed E-state index contributed by atoms with van der Waals surface area (Å²) in [7, 11) is 0.